The summed E-state index contributed by atoms with van der Waals surface area (Å²) in [6, 6.07) is 33.1. The molecule has 206 valence electrons. The van der Waals surface area contributed by atoms with E-state index < -0.39 is 12.2 Å². The van der Waals surface area contributed by atoms with Crippen molar-refractivity contribution in [2.24, 2.45) is 0 Å². The van der Waals surface area contributed by atoms with Gasteiger partial charge in [0, 0.05) is 19.0 Å². The molecule has 0 amide bonds. The highest BCUT2D eigenvalue weighted by molar-refractivity contribution is 5.83. The Balaban J connectivity index is 0.953. The Morgan fingerprint density at radius 1 is 0.650 bits per heavy atom. The summed E-state index contributed by atoms with van der Waals surface area (Å²) in [6.07, 6.45) is 1.47. The van der Waals surface area contributed by atoms with Crippen molar-refractivity contribution in [1.82, 2.24) is 15.0 Å². The van der Waals surface area contributed by atoms with Gasteiger partial charge in [-0.2, -0.15) is 0 Å². The minimum Gasteiger partial charge on any atom is -0.390 e. The molecule has 0 aliphatic carbocycles. The van der Waals surface area contributed by atoms with Gasteiger partial charge in [-0.3, -0.25) is 0 Å². The first kappa shape index (κ1) is 27.7. The Morgan fingerprint density at radius 3 is 2.02 bits per heavy atom. The summed E-state index contributed by atoms with van der Waals surface area (Å²) in [7, 11) is 0. The molecule has 0 radical (unpaired) electrons. The minimum atomic E-state index is -0.685. The van der Waals surface area contributed by atoms with Crippen LogP contribution in [0.1, 0.15) is 16.8 Å². The molecule has 0 spiro atoms. The third-order valence-electron chi connectivity index (χ3n) is 6.71. The SMILES string of the molecule is O[C@H](COCCOC[C@@H](O)Cc1cn(Cc2ccc3ccccc3c2)nn1)Cc1ccc(-c2ccccc2)cc1. The molecule has 0 aliphatic rings. The molecule has 0 unspecified atom stereocenters. The molecule has 1 heterocycles. The number of aliphatic hydroxyl groups excluding tert-OH is 2. The molecule has 2 atom stereocenters. The van der Waals surface area contributed by atoms with Gasteiger partial charge in [0.15, 0.2) is 0 Å². The minimum absolute atomic E-state index is 0.178. The predicted molar refractivity (Wildman–Crippen MR) is 156 cm³/mol. The van der Waals surface area contributed by atoms with Gasteiger partial charge < -0.3 is 19.7 Å². The highest BCUT2D eigenvalue weighted by Crippen LogP contribution is 2.20. The van der Waals surface area contributed by atoms with E-state index in [0.29, 0.717) is 38.3 Å². The van der Waals surface area contributed by atoms with E-state index in [1.54, 1.807) is 4.68 Å². The van der Waals surface area contributed by atoms with Gasteiger partial charge >= 0.3 is 0 Å². The van der Waals surface area contributed by atoms with Gasteiger partial charge in [-0.25, -0.2) is 4.68 Å². The summed E-state index contributed by atoms with van der Waals surface area (Å²) in [6.45, 7) is 1.71. The molecule has 5 aromatic rings. The Morgan fingerprint density at radius 2 is 1.27 bits per heavy atom. The maximum atomic E-state index is 10.3. The Hall–Kier alpha value is -3.88. The van der Waals surface area contributed by atoms with Crippen LogP contribution in [0.15, 0.2) is 103 Å². The smallest absolute Gasteiger partial charge is 0.0853 e. The maximum absolute atomic E-state index is 10.3. The largest absolute Gasteiger partial charge is 0.390 e. The lowest BCUT2D eigenvalue weighted by Gasteiger charge is -2.13. The van der Waals surface area contributed by atoms with Gasteiger partial charge in [-0.15, -0.1) is 5.10 Å². The van der Waals surface area contributed by atoms with Crippen LogP contribution in [0.2, 0.25) is 0 Å². The van der Waals surface area contributed by atoms with Crippen LogP contribution in [0.25, 0.3) is 21.9 Å². The van der Waals surface area contributed by atoms with Gasteiger partial charge in [-0.05, 0) is 39.1 Å². The number of rotatable bonds is 14. The Labute approximate surface area is 234 Å². The van der Waals surface area contributed by atoms with E-state index in [-0.39, 0.29) is 13.2 Å². The maximum Gasteiger partial charge on any atom is 0.0853 e. The van der Waals surface area contributed by atoms with Crippen molar-refractivity contribution in [3.63, 3.8) is 0 Å². The molecule has 40 heavy (non-hydrogen) atoms. The van der Waals surface area contributed by atoms with Gasteiger partial charge in [0.1, 0.15) is 0 Å². The molecule has 0 aliphatic heterocycles. The standard InChI is InChI=1S/C33H35N3O4/c37-32(19-25-10-13-29(14-11-25)27-6-2-1-3-7-27)23-39-16-17-40-24-33(38)20-31-22-36(35-34-31)21-26-12-15-28-8-4-5-9-30(28)18-26/h1-15,18,22,32-33,37-38H,16-17,19-21,23-24H2/t32-,33-/m0/s1. The highest BCUT2D eigenvalue weighted by Gasteiger charge is 2.11. The van der Waals surface area contributed by atoms with Crippen molar-refractivity contribution in [3.05, 3.63) is 120 Å². The average molecular weight is 538 g/mol. The molecule has 2 N–H and O–H groups in total. The van der Waals surface area contributed by atoms with Crippen molar-refractivity contribution in [2.75, 3.05) is 26.4 Å². The third-order valence-corrected chi connectivity index (χ3v) is 6.71. The normalized spacial score (nSPS) is 12.9. The zero-order valence-corrected chi connectivity index (χ0v) is 22.5. The summed E-state index contributed by atoms with van der Waals surface area (Å²) < 4.78 is 12.9. The van der Waals surface area contributed by atoms with E-state index in [9.17, 15) is 10.2 Å². The third kappa shape index (κ3) is 8.07. The zero-order valence-electron chi connectivity index (χ0n) is 22.5. The first-order chi connectivity index (χ1) is 19.6. The summed E-state index contributed by atoms with van der Waals surface area (Å²) in [4.78, 5) is 0. The Bertz CT molecular complexity index is 1470. The summed E-state index contributed by atoms with van der Waals surface area (Å²) >= 11 is 0. The molecule has 4 aromatic carbocycles. The first-order valence-corrected chi connectivity index (χ1v) is 13.6. The predicted octanol–water partition coefficient (Wildman–Crippen LogP) is 4.69. The molecular weight excluding hydrogens is 502 g/mol. The average Bonchev–Trinajstić information content (AvgIpc) is 3.42. The fraction of sp³-hybridized carbons (Fsp3) is 0.273. The number of nitrogens with zero attached hydrogens (tertiary/aromatic N) is 3. The lowest BCUT2D eigenvalue weighted by atomic mass is 10.0. The van der Waals surface area contributed by atoms with Crippen molar-refractivity contribution in [3.8, 4) is 11.1 Å². The topological polar surface area (TPSA) is 89.6 Å². The van der Waals surface area contributed by atoms with E-state index in [2.05, 4.69) is 64.9 Å². The number of ether oxygens (including phenoxy) is 2. The van der Waals surface area contributed by atoms with Gasteiger partial charge in [0.05, 0.1) is 50.9 Å². The summed E-state index contributed by atoms with van der Waals surface area (Å²) in [5.41, 5.74) is 5.24. The van der Waals surface area contributed by atoms with E-state index >= 15 is 0 Å². The number of benzene rings is 4. The molecular formula is C33H35N3O4. The quantitative estimate of drug-likeness (QED) is 0.200. The number of hydrogen-bond acceptors (Lipinski definition) is 6. The monoisotopic (exact) mass is 537 g/mol. The van der Waals surface area contributed by atoms with E-state index in [1.165, 1.54) is 16.3 Å². The zero-order chi connectivity index (χ0) is 27.6. The van der Waals surface area contributed by atoms with Crippen molar-refractivity contribution >= 4 is 10.8 Å². The van der Waals surface area contributed by atoms with Crippen molar-refractivity contribution < 1.29 is 19.7 Å². The van der Waals surface area contributed by atoms with Crippen LogP contribution < -0.4 is 0 Å². The molecule has 7 heteroatoms. The van der Waals surface area contributed by atoms with Crippen LogP contribution in [0.5, 0.6) is 0 Å². The highest BCUT2D eigenvalue weighted by atomic mass is 16.5. The second-order valence-corrected chi connectivity index (χ2v) is 10.0. The number of hydrogen-bond donors (Lipinski definition) is 2. The molecule has 0 saturated carbocycles. The lowest BCUT2D eigenvalue weighted by Crippen LogP contribution is -2.22. The second-order valence-electron chi connectivity index (χ2n) is 10.0. The van der Waals surface area contributed by atoms with Gasteiger partial charge in [-0.1, -0.05) is 96.2 Å². The van der Waals surface area contributed by atoms with Gasteiger partial charge in [0.25, 0.3) is 0 Å². The van der Waals surface area contributed by atoms with Crippen LogP contribution in [0.3, 0.4) is 0 Å². The number of fused-ring (bicyclic) bond motifs is 1. The van der Waals surface area contributed by atoms with Crippen LogP contribution >= 0.6 is 0 Å². The summed E-state index contributed by atoms with van der Waals surface area (Å²) in [5, 5.41) is 31.5. The fourth-order valence-electron chi connectivity index (χ4n) is 4.69. The molecule has 5 rings (SSSR count). The molecule has 1 aromatic heterocycles. The molecule has 0 saturated heterocycles. The fourth-order valence-corrected chi connectivity index (χ4v) is 4.69. The second kappa shape index (κ2) is 14.0. The van der Waals surface area contributed by atoms with E-state index in [1.807, 2.05) is 48.7 Å². The van der Waals surface area contributed by atoms with Crippen LogP contribution in [-0.4, -0.2) is 63.8 Å². The summed E-state index contributed by atoms with van der Waals surface area (Å²) in [5.74, 6) is 0. The van der Waals surface area contributed by atoms with E-state index in [4.69, 9.17) is 9.47 Å². The van der Waals surface area contributed by atoms with Gasteiger partial charge in [0.2, 0.25) is 0 Å². The van der Waals surface area contributed by atoms with Crippen LogP contribution in [0.4, 0.5) is 0 Å². The molecule has 0 fully saturated rings. The van der Waals surface area contributed by atoms with E-state index in [0.717, 1.165) is 16.7 Å². The Kier molecular flexibility index (Phi) is 9.66. The van der Waals surface area contributed by atoms with Crippen molar-refractivity contribution in [2.45, 2.75) is 31.6 Å². The van der Waals surface area contributed by atoms with Crippen LogP contribution in [0, 0.1) is 0 Å². The van der Waals surface area contributed by atoms with Crippen molar-refractivity contribution in [1.29, 1.82) is 0 Å². The number of aliphatic hydroxyl groups is 2. The molecule has 0 bridgehead atoms. The van der Waals surface area contributed by atoms with Crippen LogP contribution in [-0.2, 0) is 28.9 Å². The number of aromatic nitrogens is 3. The molecule has 7 nitrogen and oxygen atoms in total. The lowest BCUT2D eigenvalue weighted by molar-refractivity contribution is -0.0165. The first-order valence-electron chi connectivity index (χ1n) is 13.6.